The summed E-state index contributed by atoms with van der Waals surface area (Å²) in [6, 6.07) is 4.10. The minimum Gasteiger partial charge on any atom is -0.361 e. The first-order valence-corrected chi connectivity index (χ1v) is 8.10. The van der Waals surface area contributed by atoms with Crippen LogP contribution in [0.2, 0.25) is 0 Å². The lowest BCUT2D eigenvalue weighted by molar-refractivity contribution is -0.121. The van der Waals surface area contributed by atoms with Crippen molar-refractivity contribution in [3.8, 4) is 0 Å². The van der Waals surface area contributed by atoms with Crippen LogP contribution in [0.15, 0.2) is 20.4 Å². The lowest BCUT2D eigenvalue weighted by atomic mass is 10.1. The molecule has 2 heterocycles. The second-order valence-electron chi connectivity index (χ2n) is 4.61. The Morgan fingerprint density at radius 3 is 2.80 bits per heavy atom. The number of hydrogen-bond donors (Lipinski definition) is 1. The molecule has 0 spiro atoms. The van der Waals surface area contributed by atoms with E-state index < -0.39 is 0 Å². The summed E-state index contributed by atoms with van der Waals surface area (Å²) in [5.74, 6) is 0.874. The maximum atomic E-state index is 11.8. The van der Waals surface area contributed by atoms with Crippen LogP contribution in [-0.2, 0) is 17.6 Å². The van der Waals surface area contributed by atoms with Gasteiger partial charge in [0.15, 0.2) is 0 Å². The molecule has 0 bridgehead atoms. The highest BCUT2D eigenvalue weighted by molar-refractivity contribution is 9.11. The second kappa shape index (κ2) is 7.04. The molecule has 0 saturated heterocycles. The number of thiophene rings is 1. The van der Waals surface area contributed by atoms with Crippen LogP contribution in [0.5, 0.6) is 0 Å². The Bertz CT molecular complexity index is 572. The van der Waals surface area contributed by atoms with Crippen molar-refractivity contribution in [3.63, 3.8) is 0 Å². The first-order valence-electron chi connectivity index (χ1n) is 6.49. The van der Waals surface area contributed by atoms with Crippen LogP contribution >= 0.6 is 27.3 Å². The molecule has 0 fully saturated rings. The zero-order valence-corrected chi connectivity index (χ0v) is 13.9. The molecule has 0 aliphatic heterocycles. The van der Waals surface area contributed by atoms with Crippen LogP contribution in [-0.4, -0.2) is 17.6 Å². The summed E-state index contributed by atoms with van der Waals surface area (Å²) in [5, 5.41) is 6.83. The number of rotatable bonds is 6. The molecule has 2 rings (SSSR count). The standard InChI is InChI=1S/C14H17BrN2O2S/c1-9-12(10(2)19-17-9)4-6-14(18)16-8-7-11-3-5-13(15)20-11/h3,5H,4,6-8H2,1-2H3,(H,16,18). The molecule has 6 heteroatoms. The average molecular weight is 357 g/mol. The summed E-state index contributed by atoms with van der Waals surface area (Å²) in [7, 11) is 0. The number of aromatic nitrogens is 1. The number of aryl methyl sites for hydroxylation is 2. The quantitative estimate of drug-likeness (QED) is 0.862. The zero-order chi connectivity index (χ0) is 14.5. The Morgan fingerprint density at radius 2 is 2.20 bits per heavy atom. The number of carbonyl (C=O) groups is 1. The van der Waals surface area contributed by atoms with Crippen molar-refractivity contribution < 1.29 is 9.32 Å². The fourth-order valence-corrected chi connectivity index (χ4v) is 3.48. The molecule has 0 radical (unpaired) electrons. The Kier molecular flexibility index (Phi) is 5.37. The molecule has 0 atom stereocenters. The molecule has 0 aliphatic carbocycles. The van der Waals surface area contributed by atoms with Gasteiger partial charge in [-0.1, -0.05) is 5.16 Å². The summed E-state index contributed by atoms with van der Waals surface area (Å²) >= 11 is 5.13. The predicted molar refractivity (Wildman–Crippen MR) is 83.0 cm³/mol. The van der Waals surface area contributed by atoms with Gasteiger partial charge >= 0.3 is 0 Å². The van der Waals surface area contributed by atoms with E-state index in [-0.39, 0.29) is 5.91 Å². The summed E-state index contributed by atoms with van der Waals surface area (Å²) in [6.45, 7) is 4.45. The largest absolute Gasteiger partial charge is 0.361 e. The van der Waals surface area contributed by atoms with Gasteiger partial charge in [-0.2, -0.15) is 0 Å². The first kappa shape index (κ1) is 15.3. The van der Waals surface area contributed by atoms with E-state index in [1.807, 2.05) is 19.9 Å². The Hall–Kier alpha value is -1.14. The first-order chi connectivity index (χ1) is 9.56. The van der Waals surface area contributed by atoms with E-state index in [1.54, 1.807) is 11.3 Å². The van der Waals surface area contributed by atoms with E-state index in [1.165, 1.54) is 4.88 Å². The third kappa shape index (κ3) is 4.18. The Morgan fingerprint density at radius 1 is 1.40 bits per heavy atom. The molecule has 0 saturated carbocycles. The van der Waals surface area contributed by atoms with Crippen molar-refractivity contribution >= 4 is 33.2 Å². The van der Waals surface area contributed by atoms with Gasteiger partial charge in [-0.25, -0.2) is 0 Å². The van der Waals surface area contributed by atoms with Gasteiger partial charge < -0.3 is 9.84 Å². The lowest BCUT2D eigenvalue weighted by Gasteiger charge is -2.04. The smallest absolute Gasteiger partial charge is 0.220 e. The molecular weight excluding hydrogens is 340 g/mol. The van der Waals surface area contributed by atoms with E-state index in [4.69, 9.17) is 4.52 Å². The minimum atomic E-state index is 0.0700. The van der Waals surface area contributed by atoms with Crippen LogP contribution in [0, 0.1) is 13.8 Å². The third-order valence-electron chi connectivity index (χ3n) is 3.11. The molecule has 0 aromatic carbocycles. The van der Waals surface area contributed by atoms with Crippen molar-refractivity contribution in [2.24, 2.45) is 0 Å². The Balaban J connectivity index is 1.71. The lowest BCUT2D eigenvalue weighted by Crippen LogP contribution is -2.25. The number of halogens is 1. The van der Waals surface area contributed by atoms with Crippen LogP contribution in [0.25, 0.3) is 0 Å². The van der Waals surface area contributed by atoms with Crippen molar-refractivity contribution in [1.29, 1.82) is 0 Å². The van der Waals surface area contributed by atoms with Gasteiger partial charge in [0.25, 0.3) is 0 Å². The monoisotopic (exact) mass is 356 g/mol. The maximum Gasteiger partial charge on any atom is 0.220 e. The van der Waals surface area contributed by atoms with E-state index in [0.717, 1.165) is 27.2 Å². The number of carbonyl (C=O) groups excluding carboxylic acids is 1. The molecule has 20 heavy (non-hydrogen) atoms. The molecule has 108 valence electrons. The molecule has 2 aromatic heterocycles. The van der Waals surface area contributed by atoms with Gasteiger partial charge in [0.05, 0.1) is 9.48 Å². The summed E-state index contributed by atoms with van der Waals surface area (Å²) in [5.41, 5.74) is 1.92. The van der Waals surface area contributed by atoms with Crippen molar-refractivity contribution in [2.45, 2.75) is 33.1 Å². The molecule has 0 aliphatic rings. The van der Waals surface area contributed by atoms with Gasteiger partial charge in [0, 0.05) is 23.4 Å². The van der Waals surface area contributed by atoms with Crippen LogP contribution < -0.4 is 5.32 Å². The molecular formula is C14H17BrN2O2S. The maximum absolute atomic E-state index is 11.8. The van der Waals surface area contributed by atoms with Crippen LogP contribution in [0.4, 0.5) is 0 Å². The molecule has 2 aromatic rings. The molecule has 4 nitrogen and oxygen atoms in total. The predicted octanol–water partition coefficient (Wildman–Crippen LogP) is 3.41. The Labute approximate surface area is 130 Å². The summed E-state index contributed by atoms with van der Waals surface area (Å²) in [4.78, 5) is 13.1. The van der Waals surface area contributed by atoms with Gasteiger partial charge in [0.2, 0.25) is 5.91 Å². The van der Waals surface area contributed by atoms with E-state index in [0.29, 0.717) is 19.4 Å². The number of nitrogens with zero attached hydrogens (tertiary/aromatic N) is 1. The topological polar surface area (TPSA) is 55.1 Å². The van der Waals surface area contributed by atoms with Crippen molar-refractivity contribution in [3.05, 3.63) is 37.8 Å². The van der Waals surface area contributed by atoms with E-state index in [9.17, 15) is 4.79 Å². The minimum absolute atomic E-state index is 0.0700. The highest BCUT2D eigenvalue weighted by atomic mass is 79.9. The van der Waals surface area contributed by atoms with Gasteiger partial charge in [0.1, 0.15) is 5.76 Å². The van der Waals surface area contributed by atoms with Gasteiger partial charge in [-0.05, 0) is 54.8 Å². The highest BCUT2D eigenvalue weighted by Crippen LogP contribution is 2.22. The van der Waals surface area contributed by atoms with E-state index in [2.05, 4.69) is 32.5 Å². The van der Waals surface area contributed by atoms with Crippen molar-refractivity contribution in [1.82, 2.24) is 10.5 Å². The summed E-state index contributed by atoms with van der Waals surface area (Å²) < 4.78 is 6.21. The van der Waals surface area contributed by atoms with Crippen molar-refractivity contribution in [2.75, 3.05) is 6.54 Å². The normalized spacial score (nSPS) is 10.8. The summed E-state index contributed by atoms with van der Waals surface area (Å²) in [6.07, 6.45) is 2.02. The molecule has 1 N–H and O–H groups in total. The SMILES string of the molecule is Cc1noc(C)c1CCC(=O)NCCc1ccc(Br)s1. The fourth-order valence-electron chi connectivity index (χ4n) is 2.00. The third-order valence-corrected chi connectivity index (χ3v) is 4.79. The zero-order valence-electron chi connectivity index (χ0n) is 11.5. The second-order valence-corrected chi connectivity index (χ2v) is 7.16. The average Bonchev–Trinajstić information content (AvgIpc) is 2.95. The fraction of sp³-hybridized carbons (Fsp3) is 0.429. The number of nitrogens with one attached hydrogen (secondary N) is 1. The highest BCUT2D eigenvalue weighted by Gasteiger charge is 2.10. The van der Waals surface area contributed by atoms with Gasteiger partial charge in [-0.3, -0.25) is 4.79 Å². The van der Waals surface area contributed by atoms with Gasteiger partial charge in [-0.15, -0.1) is 11.3 Å². The number of amides is 1. The van der Waals surface area contributed by atoms with Crippen LogP contribution in [0.3, 0.4) is 0 Å². The number of hydrogen-bond acceptors (Lipinski definition) is 4. The van der Waals surface area contributed by atoms with E-state index >= 15 is 0 Å². The molecule has 1 amide bonds. The molecule has 0 unspecified atom stereocenters. The van der Waals surface area contributed by atoms with Crippen LogP contribution in [0.1, 0.15) is 28.3 Å².